The number of benzene rings is 3. The lowest BCUT2D eigenvalue weighted by molar-refractivity contribution is -0.138. The minimum Gasteiger partial charge on any atom is -0.466 e. The summed E-state index contributed by atoms with van der Waals surface area (Å²) in [5, 5.41) is 0. The molecule has 0 fully saturated rings. The maximum atomic E-state index is 15.6. The second kappa shape index (κ2) is 15.1. The summed E-state index contributed by atoms with van der Waals surface area (Å²) < 4.78 is 18.8. The molecule has 4 aliphatic rings. The third kappa shape index (κ3) is 6.17. The first kappa shape index (κ1) is 39.6. The lowest BCUT2D eigenvalue weighted by atomic mass is 9.82. The van der Waals surface area contributed by atoms with E-state index in [0.717, 1.165) is 68.6 Å². The topological polar surface area (TPSA) is 163 Å². The van der Waals surface area contributed by atoms with Gasteiger partial charge >= 0.3 is 23.9 Å². The zero-order valence-electron chi connectivity index (χ0n) is 31.4. The van der Waals surface area contributed by atoms with Crippen LogP contribution in [0.3, 0.4) is 0 Å². The van der Waals surface area contributed by atoms with Crippen molar-refractivity contribution in [3.8, 4) is 0 Å². The first-order chi connectivity index (χ1) is 27.3. The highest BCUT2D eigenvalue weighted by molar-refractivity contribution is 8.26. The third-order valence-corrected chi connectivity index (χ3v) is 14.6. The molecule has 0 aliphatic carbocycles. The van der Waals surface area contributed by atoms with Crippen LogP contribution in [-0.4, -0.2) is 90.6 Å². The van der Waals surface area contributed by atoms with Gasteiger partial charge in [-0.1, -0.05) is 95.9 Å². The molecule has 0 radical (unpaired) electrons. The van der Waals surface area contributed by atoms with Crippen LogP contribution in [0.15, 0.2) is 104 Å². The summed E-state index contributed by atoms with van der Waals surface area (Å²) in [5.74, 6) is -5.48. The number of ether oxygens (including phenoxy) is 4. The Hall–Kier alpha value is -5.58. The molecule has 0 saturated heterocycles. The number of hydrogen-bond donors (Lipinski definition) is 0. The summed E-state index contributed by atoms with van der Waals surface area (Å²) in [5.41, 5.74) is 0.539. The Balaban J connectivity index is 1.47. The number of carbonyl (C=O) groups is 7. The number of fused-ring (bicyclic) bond motifs is 4. The molecule has 292 valence electrons. The third-order valence-electron chi connectivity index (χ3n) is 9.96. The molecule has 4 aliphatic heterocycles. The van der Waals surface area contributed by atoms with Gasteiger partial charge in [-0.3, -0.25) is 24.2 Å². The number of imide groups is 1. The van der Waals surface area contributed by atoms with Crippen LogP contribution in [0.2, 0.25) is 0 Å². The largest absolute Gasteiger partial charge is 0.466 e. The molecule has 0 aromatic heterocycles. The van der Waals surface area contributed by atoms with Crippen molar-refractivity contribution in [1.82, 2.24) is 4.90 Å². The minimum absolute atomic E-state index is 0.0245. The zero-order valence-corrected chi connectivity index (χ0v) is 33.8. The molecule has 3 aromatic carbocycles. The van der Waals surface area contributed by atoms with Crippen molar-refractivity contribution in [2.45, 2.75) is 35.9 Å². The van der Waals surface area contributed by atoms with E-state index < -0.39 is 57.3 Å². The molecule has 3 amide bonds. The van der Waals surface area contributed by atoms with Gasteiger partial charge in [0.15, 0.2) is 0 Å². The Labute approximate surface area is 339 Å². The summed E-state index contributed by atoms with van der Waals surface area (Å²) in [4.78, 5) is 101. The summed E-state index contributed by atoms with van der Waals surface area (Å²) in [7, 11) is 4.56. The van der Waals surface area contributed by atoms with Crippen molar-refractivity contribution < 1.29 is 52.5 Å². The van der Waals surface area contributed by atoms with E-state index in [1.165, 1.54) is 4.90 Å². The Morgan fingerprint density at radius 2 is 1.11 bits per heavy atom. The van der Waals surface area contributed by atoms with E-state index in [4.69, 9.17) is 18.9 Å². The number of anilines is 1. The van der Waals surface area contributed by atoms with Gasteiger partial charge in [-0.25, -0.2) is 19.2 Å². The van der Waals surface area contributed by atoms with E-state index in [9.17, 15) is 28.8 Å². The number of amides is 3. The smallest absolute Gasteiger partial charge is 0.345 e. The predicted molar refractivity (Wildman–Crippen MR) is 213 cm³/mol. The first-order valence-electron chi connectivity index (χ1n) is 17.3. The number of para-hydroxylation sites is 1. The molecule has 0 bridgehead atoms. The Morgan fingerprint density at radius 1 is 0.632 bits per heavy atom. The molecular formula is C41H34N2O11S3. The number of rotatable bonds is 8. The average molecular weight is 827 g/mol. The molecule has 0 saturated carbocycles. The normalized spacial score (nSPS) is 18.2. The van der Waals surface area contributed by atoms with E-state index in [0.29, 0.717) is 27.3 Å². The molecule has 0 N–H and O–H groups in total. The lowest BCUT2D eigenvalue weighted by Gasteiger charge is -2.51. The van der Waals surface area contributed by atoms with Gasteiger partial charge in [-0.05, 0) is 37.6 Å². The van der Waals surface area contributed by atoms with Gasteiger partial charge in [-0.15, -0.1) is 0 Å². The number of thioether (sulfide) groups is 3. The number of methoxy groups -OCH3 is 4. The van der Waals surface area contributed by atoms with E-state index in [1.54, 1.807) is 86.6 Å². The van der Waals surface area contributed by atoms with Crippen molar-refractivity contribution in [2.75, 3.05) is 33.3 Å². The van der Waals surface area contributed by atoms with E-state index in [-0.39, 0.29) is 37.8 Å². The second-order valence-electron chi connectivity index (χ2n) is 13.4. The van der Waals surface area contributed by atoms with Crippen molar-refractivity contribution in [3.63, 3.8) is 0 Å². The summed E-state index contributed by atoms with van der Waals surface area (Å²) in [6, 6.07) is 20.9. The standard InChI is InChI=1S/C41H34N2O11S3/c1-40(2)32-27(41(28(36(47)51-3)29(55-32)37(48)52-4)56-30(38(49)53-5)31(57-41)39(50)54-6)24-18-12-13-19-25(24)43(40)35(46)26(20-21-14-8-7-9-15-21)42-33(44)22-16-10-11-17-23(22)34(42)45/h7-19,26H,20H2,1-6H3/t26-/m0/s1. The van der Waals surface area contributed by atoms with Gasteiger partial charge in [0.1, 0.15) is 24.8 Å². The van der Waals surface area contributed by atoms with Gasteiger partial charge in [0.25, 0.3) is 17.7 Å². The highest BCUT2D eigenvalue weighted by atomic mass is 32.2. The van der Waals surface area contributed by atoms with Gasteiger partial charge in [-0.2, -0.15) is 0 Å². The molecule has 3 aromatic rings. The van der Waals surface area contributed by atoms with Crippen molar-refractivity contribution >= 4 is 88.1 Å². The van der Waals surface area contributed by atoms with Crippen LogP contribution in [0.4, 0.5) is 5.69 Å². The fourth-order valence-corrected chi connectivity index (χ4v) is 12.5. The highest BCUT2D eigenvalue weighted by Gasteiger charge is 2.62. The van der Waals surface area contributed by atoms with Crippen LogP contribution in [0.25, 0.3) is 5.57 Å². The van der Waals surface area contributed by atoms with Gasteiger partial charge < -0.3 is 18.9 Å². The molecule has 16 heteroatoms. The molecule has 57 heavy (non-hydrogen) atoms. The second-order valence-corrected chi connectivity index (χ2v) is 17.2. The van der Waals surface area contributed by atoms with E-state index in [2.05, 4.69) is 0 Å². The molecule has 1 spiro atoms. The van der Waals surface area contributed by atoms with Crippen LogP contribution in [-0.2, 0) is 49.3 Å². The number of hydrogen-bond acceptors (Lipinski definition) is 14. The van der Waals surface area contributed by atoms with Gasteiger partial charge in [0.05, 0.1) is 56.4 Å². The van der Waals surface area contributed by atoms with Crippen LogP contribution in [0.1, 0.15) is 45.7 Å². The fourth-order valence-electron chi connectivity index (χ4n) is 7.43. The summed E-state index contributed by atoms with van der Waals surface area (Å²) in [6.45, 7) is 3.47. The lowest BCUT2D eigenvalue weighted by Crippen LogP contribution is -2.60. The maximum absolute atomic E-state index is 15.6. The van der Waals surface area contributed by atoms with Crippen molar-refractivity contribution in [3.05, 3.63) is 126 Å². The van der Waals surface area contributed by atoms with Gasteiger partial charge in [0, 0.05) is 22.5 Å². The van der Waals surface area contributed by atoms with E-state index in [1.807, 2.05) is 6.07 Å². The SMILES string of the molecule is COC(=O)C1=C(C(=O)OC)SC2(S1)C(C(=O)OC)=C(C(=O)OC)SC1=C2c2ccccc2N(C(=O)[C@H](Cc2ccccc2)N2C(=O)c3ccccc3C2=O)C1(C)C. The first-order valence-corrected chi connectivity index (χ1v) is 19.8. The average Bonchev–Trinajstić information content (AvgIpc) is 3.73. The number of esters is 4. The monoisotopic (exact) mass is 826 g/mol. The maximum Gasteiger partial charge on any atom is 0.345 e. The van der Waals surface area contributed by atoms with Gasteiger partial charge in [0.2, 0.25) is 0 Å². The Bertz CT molecular complexity index is 2340. The quantitative estimate of drug-likeness (QED) is 0.159. The molecule has 0 unspecified atom stereocenters. The molecular weight excluding hydrogens is 793 g/mol. The van der Waals surface area contributed by atoms with Crippen LogP contribution < -0.4 is 4.90 Å². The predicted octanol–water partition coefficient (Wildman–Crippen LogP) is 5.51. The fraction of sp³-hybridized carbons (Fsp3) is 0.244. The summed E-state index contributed by atoms with van der Waals surface area (Å²) >= 11 is 2.51. The van der Waals surface area contributed by atoms with E-state index >= 15 is 4.79 Å². The highest BCUT2D eigenvalue weighted by Crippen LogP contribution is 2.71. The molecule has 13 nitrogen and oxygen atoms in total. The van der Waals surface area contributed by atoms with Crippen molar-refractivity contribution in [1.29, 1.82) is 0 Å². The molecule has 1 atom stereocenters. The molecule has 7 rings (SSSR count). The van der Waals surface area contributed by atoms with Crippen LogP contribution in [0.5, 0.6) is 0 Å². The van der Waals surface area contributed by atoms with Crippen LogP contribution >= 0.6 is 35.3 Å². The Morgan fingerprint density at radius 3 is 1.63 bits per heavy atom. The Kier molecular flexibility index (Phi) is 10.5. The zero-order chi connectivity index (χ0) is 41.0. The van der Waals surface area contributed by atoms with Crippen molar-refractivity contribution in [2.24, 2.45) is 0 Å². The van der Waals surface area contributed by atoms with Crippen LogP contribution in [0, 0.1) is 0 Å². The molecule has 4 heterocycles. The number of nitrogens with zero attached hydrogens (tertiary/aromatic N) is 2. The minimum atomic E-state index is -1.78. The summed E-state index contributed by atoms with van der Waals surface area (Å²) in [6.07, 6.45) is -0.0245. The number of carbonyl (C=O) groups excluding carboxylic acids is 7.